The number of nitrogens with one attached hydrogen (secondary N) is 1. The van der Waals surface area contributed by atoms with Gasteiger partial charge in [-0.15, -0.1) is 0 Å². The van der Waals surface area contributed by atoms with Gasteiger partial charge in [0.1, 0.15) is 24.0 Å². The zero-order chi connectivity index (χ0) is 13.1. The van der Waals surface area contributed by atoms with Crippen LogP contribution in [0.3, 0.4) is 0 Å². The van der Waals surface area contributed by atoms with Gasteiger partial charge < -0.3 is 10.1 Å². The maximum atomic E-state index is 12.2. The minimum Gasteiger partial charge on any atom is -0.414 e. The third-order valence-electron chi connectivity index (χ3n) is 2.68. The van der Waals surface area contributed by atoms with Crippen molar-refractivity contribution in [3.05, 3.63) is 0 Å². The second-order valence-electron chi connectivity index (χ2n) is 5.17. The second kappa shape index (κ2) is 5.46. The molecular formula is C11H20BrN2O3+. The summed E-state index contributed by atoms with van der Waals surface area (Å²) < 4.78 is 5.15. The maximum absolute atomic E-state index is 12.2. The Morgan fingerprint density at radius 3 is 2.24 bits per heavy atom. The van der Waals surface area contributed by atoms with Crippen molar-refractivity contribution in [3.8, 4) is 0 Å². The largest absolute Gasteiger partial charge is 0.524 e. The van der Waals surface area contributed by atoms with E-state index in [1.807, 2.05) is 20.8 Å². The first-order valence-electron chi connectivity index (χ1n) is 5.72. The fourth-order valence-electron chi connectivity index (χ4n) is 1.77. The molecule has 0 aliphatic carbocycles. The van der Waals surface area contributed by atoms with Gasteiger partial charge in [0.2, 0.25) is 0 Å². The monoisotopic (exact) mass is 307 g/mol. The number of carbonyl (C=O) groups is 2. The van der Waals surface area contributed by atoms with Gasteiger partial charge in [-0.05, 0) is 20.8 Å². The van der Waals surface area contributed by atoms with Crippen molar-refractivity contribution in [1.82, 2.24) is 5.32 Å². The van der Waals surface area contributed by atoms with E-state index in [9.17, 15) is 9.59 Å². The van der Waals surface area contributed by atoms with E-state index in [-0.39, 0.29) is 15.7 Å². The van der Waals surface area contributed by atoms with Crippen molar-refractivity contribution >= 4 is 27.9 Å². The van der Waals surface area contributed by atoms with Gasteiger partial charge >= 0.3 is 12.0 Å². The van der Waals surface area contributed by atoms with Gasteiger partial charge in [0.25, 0.3) is 0 Å². The molecule has 0 aromatic carbocycles. The molecule has 5 nitrogen and oxygen atoms in total. The number of piperazine rings is 1. The van der Waals surface area contributed by atoms with Crippen LogP contribution in [0.15, 0.2) is 0 Å². The van der Waals surface area contributed by atoms with Crippen molar-refractivity contribution in [2.45, 2.75) is 26.4 Å². The van der Waals surface area contributed by atoms with Crippen LogP contribution in [0.25, 0.3) is 0 Å². The molecule has 0 bridgehead atoms. The summed E-state index contributed by atoms with van der Waals surface area (Å²) in [5, 5.41) is 3.32. The molecule has 98 valence electrons. The standard InChI is InChI=1S/C11H20BrN2O3/c1-11(2,3)17-10(16)14(9(15)8-12)6-4-13-5-7-14/h13H,4-8H2,1-3H3/q+1. The van der Waals surface area contributed by atoms with Gasteiger partial charge in [0.05, 0.1) is 0 Å². The van der Waals surface area contributed by atoms with Crippen LogP contribution in [0.2, 0.25) is 0 Å². The molecule has 1 heterocycles. The van der Waals surface area contributed by atoms with Gasteiger partial charge in [-0.1, -0.05) is 15.9 Å². The number of nitrogens with zero attached hydrogens (tertiary/aromatic N) is 1. The lowest BCUT2D eigenvalue weighted by Crippen LogP contribution is -2.66. The number of alkyl halides is 1. The normalized spacial score (nSPS) is 19.8. The summed E-state index contributed by atoms with van der Waals surface area (Å²) in [4.78, 5) is 24.2. The molecule has 1 fully saturated rings. The molecule has 0 spiro atoms. The fraction of sp³-hybridized carbons (Fsp3) is 0.818. The van der Waals surface area contributed by atoms with Crippen LogP contribution in [0.1, 0.15) is 20.8 Å². The van der Waals surface area contributed by atoms with E-state index in [4.69, 9.17) is 4.74 Å². The number of rotatable bonds is 1. The van der Waals surface area contributed by atoms with E-state index in [1.165, 1.54) is 0 Å². The Labute approximate surface area is 110 Å². The maximum Gasteiger partial charge on any atom is 0.524 e. The summed E-state index contributed by atoms with van der Waals surface area (Å²) >= 11 is 3.14. The summed E-state index contributed by atoms with van der Waals surface area (Å²) in [6.45, 7) is 7.64. The third kappa shape index (κ3) is 3.50. The SMILES string of the molecule is CC(C)(C)OC(=O)[N+]1(C(=O)CBr)CCNCC1. The number of imide groups is 1. The first kappa shape index (κ1) is 14.6. The molecule has 1 N–H and O–H groups in total. The van der Waals surface area contributed by atoms with Crippen LogP contribution in [0, 0.1) is 0 Å². The Balaban J connectivity index is 2.90. The molecule has 1 aliphatic heterocycles. The Bertz CT molecular complexity index is 306. The number of hydrogen-bond acceptors (Lipinski definition) is 4. The van der Waals surface area contributed by atoms with Crippen LogP contribution in [-0.2, 0) is 9.53 Å². The number of carbonyl (C=O) groups excluding carboxylic acids is 2. The Morgan fingerprint density at radius 1 is 1.29 bits per heavy atom. The van der Waals surface area contributed by atoms with Crippen LogP contribution in [-0.4, -0.2) is 53.6 Å². The van der Waals surface area contributed by atoms with E-state index in [0.29, 0.717) is 26.2 Å². The topological polar surface area (TPSA) is 55.4 Å². The molecule has 6 heteroatoms. The number of quaternary nitrogens is 1. The molecule has 0 radical (unpaired) electrons. The highest BCUT2D eigenvalue weighted by atomic mass is 79.9. The van der Waals surface area contributed by atoms with E-state index in [0.717, 1.165) is 0 Å². The smallest absolute Gasteiger partial charge is 0.414 e. The minimum absolute atomic E-state index is 0.138. The highest BCUT2D eigenvalue weighted by Gasteiger charge is 2.47. The predicted molar refractivity (Wildman–Crippen MR) is 67.9 cm³/mol. The summed E-state index contributed by atoms with van der Waals surface area (Å²) in [5.41, 5.74) is -0.570. The van der Waals surface area contributed by atoms with Crippen LogP contribution < -0.4 is 5.32 Å². The zero-order valence-electron chi connectivity index (χ0n) is 10.6. The average molecular weight is 308 g/mol. The van der Waals surface area contributed by atoms with Gasteiger partial charge in [-0.3, -0.25) is 0 Å². The van der Waals surface area contributed by atoms with E-state index in [1.54, 1.807) is 0 Å². The van der Waals surface area contributed by atoms with Gasteiger partial charge in [-0.25, -0.2) is 4.79 Å². The molecule has 2 amide bonds. The number of hydrogen-bond donors (Lipinski definition) is 1. The molecule has 0 atom stereocenters. The molecule has 17 heavy (non-hydrogen) atoms. The van der Waals surface area contributed by atoms with Crippen molar-refractivity contribution < 1.29 is 18.8 Å². The lowest BCUT2D eigenvalue weighted by Gasteiger charge is -2.36. The summed E-state index contributed by atoms with van der Waals surface area (Å²) in [7, 11) is 0. The first-order valence-corrected chi connectivity index (χ1v) is 6.85. The van der Waals surface area contributed by atoms with Crippen molar-refractivity contribution in [1.29, 1.82) is 0 Å². The highest BCUT2D eigenvalue weighted by molar-refractivity contribution is 9.09. The summed E-state index contributed by atoms with van der Waals surface area (Å²) in [6.07, 6.45) is -0.441. The number of halogens is 1. The molecule has 0 saturated carbocycles. The molecule has 0 unspecified atom stereocenters. The predicted octanol–water partition coefficient (Wildman–Crippen LogP) is 1.26. The number of amides is 2. The summed E-state index contributed by atoms with van der Waals surface area (Å²) in [5.74, 6) is -0.138. The highest BCUT2D eigenvalue weighted by Crippen LogP contribution is 2.19. The van der Waals surface area contributed by atoms with Gasteiger partial charge in [0.15, 0.2) is 0 Å². The van der Waals surface area contributed by atoms with Crippen LogP contribution in [0.4, 0.5) is 4.79 Å². The number of ether oxygens (including phenoxy) is 1. The zero-order valence-corrected chi connectivity index (χ0v) is 12.2. The minimum atomic E-state index is -0.570. The Morgan fingerprint density at radius 2 is 1.82 bits per heavy atom. The van der Waals surface area contributed by atoms with Crippen LogP contribution in [0.5, 0.6) is 0 Å². The van der Waals surface area contributed by atoms with Crippen molar-refractivity contribution in [2.75, 3.05) is 31.5 Å². The first-order chi connectivity index (χ1) is 7.82. The Kier molecular flexibility index (Phi) is 4.69. The Hall–Kier alpha value is -0.460. The molecule has 0 aromatic rings. The third-order valence-corrected chi connectivity index (χ3v) is 3.15. The molecule has 1 saturated heterocycles. The van der Waals surface area contributed by atoms with Gasteiger partial charge in [0, 0.05) is 13.1 Å². The summed E-state index contributed by atoms with van der Waals surface area (Å²) in [6, 6.07) is 0. The van der Waals surface area contributed by atoms with Crippen molar-refractivity contribution in [2.24, 2.45) is 0 Å². The van der Waals surface area contributed by atoms with E-state index >= 15 is 0 Å². The van der Waals surface area contributed by atoms with Crippen molar-refractivity contribution in [3.63, 3.8) is 0 Å². The average Bonchev–Trinajstić information content (AvgIpc) is 2.26. The van der Waals surface area contributed by atoms with E-state index < -0.39 is 11.7 Å². The second-order valence-corrected chi connectivity index (χ2v) is 5.73. The molecule has 1 aliphatic rings. The quantitative estimate of drug-likeness (QED) is 0.585. The molecule has 1 rings (SSSR count). The fourth-order valence-corrected chi connectivity index (χ4v) is 2.25. The molecule has 0 aromatic heterocycles. The van der Waals surface area contributed by atoms with Crippen LogP contribution >= 0.6 is 15.9 Å². The lowest BCUT2D eigenvalue weighted by molar-refractivity contribution is -0.784. The van der Waals surface area contributed by atoms with Gasteiger partial charge in [-0.2, -0.15) is 9.28 Å². The molecular weight excluding hydrogens is 288 g/mol. The lowest BCUT2D eigenvalue weighted by atomic mass is 10.2. The van der Waals surface area contributed by atoms with E-state index in [2.05, 4.69) is 21.2 Å².